The lowest BCUT2D eigenvalue weighted by Crippen LogP contribution is -1.97. The molecule has 0 saturated heterocycles. The second-order valence-electron chi connectivity index (χ2n) is 3.81. The molecule has 2 N–H and O–H groups in total. The summed E-state index contributed by atoms with van der Waals surface area (Å²) in [5.41, 5.74) is 7.60. The van der Waals surface area contributed by atoms with E-state index in [0.717, 1.165) is 35.7 Å². The van der Waals surface area contributed by atoms with Gasteiger partial charge in [0.25, 0.3) is 0 Å². The first kappa shape index (κ1) is 10.7. The van der Waals surface area contributed by atoms with Crippen LogP contribution in [0.5, 0.6) is 0 Å². The number of aryl methyl sites for hydroxylation is 2. The number of rotatable bonds is 3. The molecule has 0 aliphatic heterocycles. The van der Waals surface area contributed by atoms with Crippen molar-refractivity contribution < 1.29 is 0 Å². The monoisotopic (exact) mass is 216 g/mol. The molecule has 0 saturated carbocycles. The number of nitrogens with two attached hydrogens (primary N) is 1. The first-order valence-electron chi connectivity index (χ1n) is 5.47. The number of hydrogen-bond donors (Lipinski definition) is 1. The second-order valence-corrected chi connectivity index (χ2v) is 3.81. The molecule has 4 heteroatoms. The number of benzene rings is 1. The van der Waals surface area contributed by atoms with Gasteiger partial charge in [-0.05, 0) is 18.6 Å². The van der Waals surface area contributed by atoms with Gasteiger partial charge in [0, 0.05) is 24.7 Å². The van der Waals surface area contributed by atoms with Gasteiger partial charge in [-0.1, -0.05) is 19.1 Å². The van der Waals surface area contributed by atoms with Crippen LogP contribution in [0.15, 0.2) is 24.3 Å². The zero-order valence-electron chi connectivity index (χ0n) is 9.64. The topological polar surface area (TPSA) is 56.7 Å². The van der Waals surface area contributed by atoms with E-state index < -0.39 is 0 Å². The van der Waals surface area contributed by atoms with E-state index in [-0.39, 0.29) is 0 Å². The summed E-state index contributed by atoms with van der Waals surface area (Å²) in [4.78, 5) is 4.50. The summed E-state index contributed by atoms with van der Waals surface area (Å²) in [6.07, 6.45) is 1.95. The second kappa shape index (κ2) is 4.35. The molecule has 2 aromatic rings. The third-order valence-corrected chi connectivity index (χ3v) is 2.48. The summed E-state index contributed by atoms with van der Waals surface area (Å²) < 4.78 is 1.79. The van der Waals surface area contributed by atoms with Crippen molar-refractivity contribution in [1.82, 2.24) is 14.8 Å². The van der Waals surface area contributed by atoms with E-state index in [1.807, 2.05) is 31.3 Å². The highest BCUT2D eigenvalue weighted by molar-refractivity contribution is 5.71. The summed E-state index contributed by atoms with van der Waals surface area (Å²) in [5.74, 6) is 1.71. The van der Waals surface area contributed by atoms with Crippen molar-refractivity contribution in [3.05, 3.63) is 30.1 Å². The molecule has 1 heterocycles. The van der Waals surface area contributed by atoms with Crippen molar-refractivity contribution in [2.75, 3.05) is 5.73 Å². The van der Waals surface area contributed by atoms with E-state index in [0.29, 0.717) is 0 Å². The average molecular weight is 216 g/mol. The lowest BCUT2D eigenvalue weighted by Gasteiger charge is -2.02. The highest BCUT2D eigenvalue weighted by atomic mass is 15.3. The van der Waals surface area contributed by atoms with Gasteiger partial charge in [0.15, 0.2) is 11.6 Å². The number of anilines is 1. The molecule has 84 valence electrons. The minimum atomic E-state index is 0.737. The van der Waals surface area contributed by atoms with Crippen molar-refractivity contribution >= 4 is 5.69 Å². The molecule has 1 aromatic carbocycles. The van der Waals surface area contributed by atoms with Gasteiger partial charge in [-0.15, -0.1) is 0 Å². The van der Waals surface area contributed by atoms with Gasteiger partial charge >= 0.3 is 0 Å². The number of nitrogens with zero attached hydrogens (tertiary/aromatic N) is 3. The Balaban J connectivity index is 2.44. The number of aromatic nitrogens is 3. The number of nitrogen functional groups attached to an aromatic ring is 1. The normalized spacial score (nSPS) is 10.6. The van der Waals surface area contributed by atoms with E-state index >= 15 is 0 Å². The van der Waals surface area contributed by atoms with Crippen LogP contribution in [0.25, 0.3) is 11.4 Å². The smallest absolute Gasteiger partial charge is 0.160 e. The molecule has 0 radical (unpaired) electrons. The van der Waals surface area contributed by atoms with Crippen LogP contribution in [0, 0.1) is 0 Å². The van der Waals surface area contributed by atoms with E-state index in [2.05, 4.69) is 17.0 Å². The van der Waals surface area contributed by atoms with Crippen LogP contribution in [-0.4, -0.2) is 14.8 Å². The van der Waals surface area contributed by atoms with E-state index in [4.69, 9.17) is 5.73 Å². The van der Waals surface area contributed by atoms with Crippen LogP contribution in [-0.2, 0) is 13.5 Å². The van der Waals surface area contributed by atoms with Crippen LogP contribution in [0.2, 0.25) is 0 Å². The van der Waals surface area contributed by atoms with Crippen LogP contribution in [0.1, 0.15) is 19.2 Å². The first-order chi connectivity index (χ1) is 7.72. The summed E-state index contributed by atoms with van der Waals surface area (Å²) in [7, 11) is 1.90. The Hall–Kier alpha value is -1.84. The van der Waals surface area contributed by atoms with E-state index in [1.54, 1.807) is 4.68 Å². The van der Waals surface area contributed by atoms with Gasteiger partial charge in [0.2, 0.25) is 0 Å². The van der Waals surface area contributed by atoms with Gasteiger partial charge in [-0.3, -0.25) is 0 Å². The molecule has 4 nitrogen and oxygen atoms in total. The molecule has 2 rings (SSSR count). The zero-order valence-corrected chi connectivity index (χ0v) is 9.64. The minimum absolute atomic E-state index is 0.737. The molecule has 0 unspecified atom stereocenters. The lowest BCUT2D eigenvalue weighted by molar-refractivity contribution is 0.738. The summed E-state index contributed by atoms with van der Waals surface area (Å²) >= 11 is 0. The molecule has 0 aliphatic rings. The third kappa shape index (κ3) is 1.91. The van der Waals surface area contributed by atoms with E-state index in [9.17, 15) is 0 Å². The predicted octanol–water partition coefficient (Wildman–Crippen LogP) is 2.02. The molecule has 0 spiro atoms. The van der Waals surface area contributed by atoms with Crippen LogP contribution >= 0.6 is 0 Å². The van der Waals surface area contributed by atoms with Crippen LogP contribution in [0.4, 0.5) is 5.69 Å². The van der Waals surface area contributed by atoms with Crippen molar-refractivity contribution in [2.24, 2.45) is 7.05 Å². The van der Waals surface area contributed by atoms with Crippen molar-refractivity contribution in [3.63, 3.8) is 0 Å². The molecule has 0 atom stereocenters. The van der Waals surface area contributed by atoms with Gasteiger partial charge in [0.05, 0.1) is 0 Å². The van der Waals surface area contributed by atoms with Crippen molar-refractivity contribution in [2.45, 2.75) is 19.8 Å². The molecule has 0 fully saturated rings. The van der Waals surface area contributed by atoms with Gasteiger partial charge in [0.1, 0.15) is 0 Å². The van der Waals surface area contributed by atoms with Crippen LogP contribution < -0.4 is 5.73 Å². The largest absolute Gasteiger partial charge is 0.398 e. The number of para-hydroxylation sites is 1. The van der Waals surface area contributed by atoms with Crippen molar-refractivity contribution in [1.29, 1.82) is 0 Å². The highest BCUT2D eigenvalue weighted by Crippen LogP contribution is 2.23. The Kier molecular flexibility index (Phi) is 2.90. The zero-order chi connectivity index (χ0) is 11.5. The lowest BCUT2D eigenvalue weighted by atomic mass is 10.2. The molecular formula is C12H16N4. The van der Waals surface area contributed by atoms with Gasteiger partial charge in [-0.25, -0.2) is 9.67 Å². The number of hydrogen-bond acceptors (Lipinski definition) is 3. The van der Waals surface area contributed by atoms with Gasteiger partial charge in [-0.2, -0.15) is 5.10 Å². The fraction of sp³-hybridized carbons (Fsp3) is 0.333. The summed E-state index contributed by atoms with van der Waals surface area (Å²) in [6.45, 7) is 2.12. The van der Waals surface area contributed by atoms with Gasteiger partial charge < -0.3 is 5.73 Å². The van der Waals surface area contributed by atoms with Crippen molar-refractivity contribution in [3.8, 4) is 11.4 Å². The van der Waals surface area contributed by atoms with Crippen LogP contribution in [0.3, 0.4) is 0 Å². The molecule has 0 amide bonds. The quantitative estimate of drug-likeness (QED) is 0.798. The third-order valence-electron chi connectivity index (χ3n) is 2.48. The maximum Gasteiger partial charge on any atom is 0.160 e. The molecule has 0 bridgehead atoms. The Morgan fingerprint density at radius 3 is 2.75 bits per heavy atom. The minimum Gasteiger partial charge on any atom is -0.398 e. The maximum absolute atomic E-state index is 5.92. The Labute approximate surface area is 95.1 Å². The molecular weight excluding hydrogens is 200 g/mol. The SMILES string of the molecule is CCCc1nc(-c2ccccc2N)n(C)n1. The summed E-state index contributed by atoms with van der Waals surface area (Å²) in [5, 5.41) is 4.37. The summed E-state index contributed by atoms with van der Waals surface area (Å²) in [6, 6.07) is 7.72. The Morgan fingerprint density at radius 2 is 2.06 bits per heavy atom. The molecule has 1 aromatic heterocycles. The molecule has 0 aliphatic carbocycles. The standard InChI is InChI=1S/C12H16N4/c1-3-6-11-14-12(16(2)15-11)9-7-4-5-8-10(9)13/h4-5,7-8H,3,6,13H2,1-2H3. The molecule has 16 heavy (non-hydrogen) atoms. The average Bonchev–Trinajstić information content (AvgIpc) is 2.61. The predicted molar refractivity (Wildman–Crippen MR) is 64.8 cm³/mol. The van der Waals surface area contributed by atoms with E-state index in [1.165, 1.54) is 0 Å². The Bertz CT molecular complexity index is 488. The Morgan fingerprint density at radius 1 is 1.31 bits per heavy atom. The maximum atomic E-state index is 5.92. The highest BCUT2D eigenvalue weighted by Gasteiger charge is 2.10. The first-order valence-corrected chi connectivity index (χ1v) is 5.47. The fourth-order valence-corrected chi connectivity index (χ4v) is 1.70. The fourth-order valence-electron chi connectivity index (χ4n) is 1.70.